The van der Waals surface area contributed by atoms with Gasteiger partial charge in [-0.3, -0.25) is 0 Å². The number of allylic oxidation sites excluding steroid dienone is 2. The predicted octanol–water partition coefficient (Wildman–Crippen LogP) is 8.85. The minimum Gasteiger partial charge on any atom is -0.0985 e. The molecule has 0 unspecified atom stereocenters. The first-order chi connectivity index (χ1) is 15.4. The molecule has 158 valence electrons. The van der Waals surface area contributed by atoms with Gasteiger partial charge in [0.05, 0.1) is 0 Å². The van der Waals surface area contributed by atoms with Gasteiger partial charge in [-0.1, -0.05) is 136 Å². The highest BCUT2D eigenvalue weighted by molar-refractivity contribution is 5.91. The molecule has 4 aromatic rings. The average Bonchev–Trinajstić information content (AvgIpc) is 3.07. The van der Waals surface area contributed by atoms with E-state index in [1.807, 2.05) is 12.1 Å². The maximum absolute atomic E-state index is 4.12. The van der Waals surface area contributed by atoms with Gasteiger partial charge >= 0.3 is 0 Å². The summed E-state index contributed by atoms with van der Waals surface area (Å²) in [6.45, 7) is 14.7. The Hall–Kier alpha value is -3.64. The first-order valence-electron chi connectivity index (χ1n) is 11.1. The Morgan fingerprint density at radius 3 is 1.97 bits per heavy atom. The molecule has 0 nitrogen and oxygen atoms in total. The molecule has 0 heterocycles. The highest BCUT2D eigenvalue weighted by Gasteiger charge is 2.36. The molecule has 0 N–H and O–H groups in total. The molecule has 0 saturated carbocycles. The second-order valence-corrected chi connectivity index (χ2v) is 8.86. The Morgan fingerprint density at radius 2 is 1.28 bits per heavy atom. The fourth-order valence-electron chi connectivity index (χ4n) is 4.51. The maximum atomic E-state index is 4.12. The number of benzene rings is 4. The van der Waals surface area contributed by atoms with Crippen LogP contribution in [0.3, 0.4) is 0 Å². The third-order valence-corrected chi connectivity index (χ3v) is 6.36. The zero-order valence-corrected chi connectivity index (χ0v) is 19.2. The van der Waals surface area contributed by atoms with Gasteiger partial charge in [0.1, 0.15) is 0 Å². The lowest BCUT2D eigenvalue weighted by Gasteiger charge is -2.21. The number of hydrogen-bond donors (Lipinski definition) is 0. The Balaban J connectivity index is 0.000000165. The van der Waals surface area contributed by atoms with Crippen LogP contribution in [0.25, 0.3) is 27.8 Å². The Bertz CT molecular complexity index is 1260. The molecule has 0 radical (unpaired) electrons. The average molecular weight is 415 g/mol. The van der Waals surface area contributed by atoms with Crippen molar-refractivity contribution in [3.8, 4) is 22.3 Å². The molecule has 0 fully saturated rings. The topological polar surface area (TPSA) is 0 Å². The Kier molecular flexibility index (Phi) is 5.97. The van der Waals surface area contributed by atoms with Crippen LogP contribution in [0.2, 0.25) is 0 Å². The summed E-state index contributed by atoms with van der Waals surface area (Å²) in [5, 5.41) is 0. The molecule has 0 atom stereocenters. The van der Waals surface area contributed by atoms with Gasteiger partial charge in [-0.05, 0) is 51.4 Å². The summed E-state index contributed by atoms with van der Waals surface area (Å²) in [5.74, 6) is 0. The van der Waals surface area contributed by atoms with Crippen LogP contribution in [0.1, 0.15) is 36.1 Å². The lowest BCUT2D eigenvalue weighted by molar-refractivity contribution is 0.660. The van der Waals surface area contributed by atoms with Crippen molar-refractivity contribution in [3.05, 3.63) is 139 Å². The summed E-state index contributed by atoms with van der Waals surface area (Å²) in [5.41, 5.74) is 11.6. The van der Waals surface area contributed by atoms with Gasteiger partial charge in [-0.15, -0.1) is 0 Å². The van der Waals surface area contributed by atoms with E-state index >= 15 is 0 Å². The number of rotatable bonds is 3. The fourth-order valence-corrected chi connectivity index (χ4v) is 4.51. The molecule has 0 aromatic heterocycles. The summed E-state index contributed by atoms with van der Waals surface area (Å²) in [4.78, 5) is 0. The van der Waals surface area contributed by atoms with Gasteiger partial charge in [0.2, 0.25) is 0 Å². The third kappa shape index (κ3) is 3.97. The van der Waals surface area contributed by atoms with Crippen molar-refractivity contribution in [1.29, 1.82) is 0 Å². The van der Waals surface area contributed by atoms with E-state index in [2.05, 4.69) is 125 Å². The van der Waals surface area contributed by atoms with Crippen molar-refractivity contribution in [3.63, 3.8) is 0 Å². The van der Waals surface area contributed by atoms with Crippen LogP contribution in [0.4, 0.5) is 0 Å². The van der Waals surface area contributed by atoms with Gasteiger partial charge in [0.25, 0.3) is 0 Å². The van der Waals surface area contributed by atoms with Crippen molar-refractivity contribution in [2.24, 2.45) is 0 Å². The second kappa shape index (κ2) is 8.85. The van der Waals surface area contributed by atoms with Crippen LogP contribution in [0.5, 0.6) is 0 Å². The molecule has 0 saturated heterocycles. The number of fused-ring (bicyclic) bond motifs is 3. The van der Waals surface area contributed by atoms with Crippen LogP contribution in [0.15, 0.2) is 116 Å². The maximum Gasteiger partial charge on any atom is 0.0159 e. The lowest BCUT2D eigenvalue weighted by atomic mass is 9.82. The van der Waals surface area contributed by atoms with Gasteiger partial charge in [-0.2, -0.15) is 0 Å². The minimum absolute atomic E-state index is 0.0589. The smallest absolute Gasteiger partial charge is 0.0159 e. The van der Waals surface area contributed by atoms with Gasteiger partial charge in [-0.25, -0.2) is 0 Å². The van der Waals surface area contributed by atoms with E-state index in [0.29, 0.717) is 0 Å². The van der Waals surface area contributed by atoms with Crippen LogP contribution in [-0.4, -0.2) is 0 Å². The summed E-state index contributed by atoms with van der Waals surface area (Å²) >= 11 is 0. The van der Waals surface area contributed by atoms with Crippen LogP contribution >= 0.6 is 0 Å². The van der Waals surface area contributed by atoms with E-state index < -0.39 is 0 Å². The van der Waals surface area contributed by atoms with Crippen LogP contribution < -0.4 is 0 Å². The van der Waals surface area contributed by atoms with Crippen molar-refractivity contribution < 1.29 is 0 Å². The predicted molar refractivity (Wildman–Crippen MR) is 140 cm³/mol. The lowest BCUT2D eigenvalue weighted by Crippen LogP contribution is -2.14. The molecule has 0 amide bonds. The molecule has 0 aliphatic heterocycles. The van der Waals surface area contributed by atoms with Crippen molar-refractivity contribution in [2.75, 3.05) is 0 Å². The summed E-state index contributed by atoms with van der Waals surface area (Å²) in [6.07, 6.45) is 1.84. The fraction of sp³-hybridized carbons (Fsp3) is 0.125. The molecule has 1 aliphatic carbocycles. The summed E-state index contributed by atoms with van der Waals surface area (Å²) in [6, 6.07) is 34.2. The van der Waals surface area contributed by atoms with Crippen LogP contribution in [-0.2, 0) is 5.41 Å². The summed E-state index contributed by atoms with van der Waals surface area (Å²) < 4.78 is 0. The van der Waals surface area contributed by atoms with E-state index in [9.17, 15) is 0 Å². The SMILES string of the molecule is C=CC(=C)c1cccc2c1-c1ccccc1C2(C)C.Cc1ccc(-c2ccccc2)cc1. The first-order valence-corrected chi connectivity index (χ1v) is 11.1. The normalized spacial score (nSPS) is 12.7. The molecule has 0 spiro atoms. The largest absolute Gasteiger partial charge is 0.0985 e. The first kappa shape index (κ1) is 21.6. The van der Waals surface area contributed by atoms with Crippen molar-refractivity contribution in [1.82, 2.24) is 0 Å². The Labute approximate surface area is 192 Å². The standard InChI is InChI=1S/C19H18.C13H12/c1-5-13(2)14-10-8-12-17-18(14)15-9-6-7-11-16(15)19(17,3)4;1-11-7-9-13(10-8-11)12-5-3-2-4-6-12/h5-12H,1-2H2,3-4H3;2-10H,1H3. The van der Waals surface area contributed by atoms with E-state index in [-0.39, 0.29) is 5.41 Å². The van der Waals surface area contributed by atoms with Gasteiger partial charge in [0, 0.05) is 5.41 Å². The molecule has 5 rings (SSSR count). The highest BCUT2D eigenvalue weighted by atomic mass is 14.4. The van der Waals surface area contributed by atoms with E-state index in [0.717, 1.165) is 5.57 Å². The number of hydrogen-bond acceptors (Lipinski definition) is 0. The highest BCUT2D eigenvalue weighted by Crippen LogP contribution is 2.50. The van der Waals surface area contributed by atoms with Gasteiger partial charge in [0.15, 0.2) is 0 Å². The minimum atomic E-state index is 0.0589. The zero-order chi connectivity index (χ0) is 22.7. The molecule has 4 aromatic carbocycles. The second-order valence-electron chi connectivity index (χ2n) is 8.86. The summed E-state index contributed by atoms with van der Waals surface area (Å²) in [7, 11) is 0. The van der Waals surface area contributed by atoms with E-state index in [1.165, 1.54) is 44.5 Å². The molecule has 0 heteroatoms. The van der Waals surface area contributed by atoms with E-state index in [4.69, 9.17) is 0 Å². The van der Waals surface area contributed by atoms with Crippen LogP contribution in [0, 0.1) is 6.92 Å². The zero-order valence-electron chi connectivity index (χ0n) is 19.2. The molecular weight excluding hydrogens is 384 g/mol. The Morgan fingerprint density at radius 1 is 0.688 bits per heavy atom. The molecule has 1 aliphatic rings. The number of aryl methyl sites for hydroxylation is 1. The van der Waals surface area contributed by atoms with E-state index in [1.54, 1.807) is 0 Å². The quantitative estimate of drug-likeness (QED) is 0.294. The van der Waals surface area contributed by atoms with Gasteiger partial charge < -0.3 is 0 Å². The molecule has 0 bridgehead atoms. The monoisotopic (exact) mass is 414 g/mol. The third-order valence-electron chi connectivity index (χ3n) is 6.36. The molecule has 32 heavy (non-hydrogen) atoms. The molecular formula is C32H30. The van der Waals surface area contributed by atoms with Crippen molar-refractivity contribution >= 4 is 5.57 Å². The van der Waals surface area contributed by atoms with Crippen molar-refractivity contribution in [2.45, 2.75) is 26.2 Å².